The van der Waals surface area contributed by atoms with Crippen LogP contribution < -0.4 is 0 Å². The van der Waals surface area contributed by atoms with Gasteiger partial charge < -0.3 is 14.6 Å². The summed E-state index contributed by atoms with van der Waals surface area (Å²) in [6.07, 6.45) is 7.57. The first-order valence-electron chi connectivity index (χ1n) is 6.14. The van der Waals surface area contributed by atoms with Gasteiger partial charge in [-0.15, -0.1) is 0 Å². The van der Waals surface area contributed by atoms with E-state index in [1.54, 1.807) is 17.4 Å². The number of hydrogen-bond donors (Lipinski definition) is 1. The van der Waals surface area contributed by atoms with Crippen LogP contribution in [0.1, 0.15) is 25.7 Å². The van der Waals surface area contributed by atoms with Gasteiger partial charge in [-0.05, 0) is 12.8 Å². The zero-order chi connectivity index (χ0) is 13.0. The minimum absolute atomic E-state index is 0.0211. The molecule has 1 amide bonds. The number of aryl methyl sites for hydroxylation is 1. The third kappa shape index (κ3) is 3.58. The lowest BCUT2D eigenvalue weighted by atomic mass is 10.3. The number of imidazole rings is 1. The summed E-state index contributed by atoms with van der Waals surface area (Å²) in [4.78, 5) is 28.2. The fraction of sp³-hybridized carbons (Fsp3) is 0.583. The zero-order valence-electron chi connectivity index (χ0n) is 10.2. The molecule has 6 nitrogen and oxygen atoms in total. The SMILES string of the molecule is O=C(O)CCN(C(=O)CCn1ccnc1)C1CC1. The van der Waals surface area contributed by atoms with E-state index in [4.69, 9.17) is 5.11 Å². The van der Waals surface area contributed by atoms with Crippen LogP contribution in [0.3, 0.4) is 0 Å². The van der Waals surface area contributed by atoms with E-state index in [0.717, 1.165) is 12.8 Å². The van der Waals surface area contributed by atoms with Gasteiger partial charge in [-0.3, -0.25) is 9.59 Å². The molecule has 1 fully saturated rings. The van der Waals surface area contributed by atoms with E-state index < -0.39 is 5.97 Å². The number of hydrogen-bond acceptors (Lipinski definition) is 3. The highest BCUT2D eigenvalue weighted by molar-refractivity contribution is 5.77. The molecule has 0 spiro atoms. The number of carbonyl (C=O) groups is 2. The third-order valence-corrected chi connectivity index (χ3v) is 3.02. The van der Waals surface area contributed by atoms with Gasteiger partial charge >= 0.3 is 5.97 Å². The number of carboxylic acids is 1. The molecule has 0 aromatic carbocycles. The van der Waals surface area contributed by atoms with Crippen molar-refractivity contribution in [1.82, 2.24) is 14.5 Å². The Labute approximate surface area is 105 Å². The number of carbonyl (C=O) groups excluding carboxylic acids is 1. The van der Waals surface area contributed by atoms with Crippen molar-refractivity contribution in [3.8, 4) is 0 Å². The van der Waals surface area contributed by atoms with E-state index in [1.807, 2.05) is 10.8 Å². The Morgan fingerprint density at radius 2 is 2.17 bits per heavy atom. The summed E-state index contributed by atoms with van der Waals surface area (Å²) in [6, 6.07) is 0.264. The largest absolute Gasteiger partial charge is 0.481 e. The summed E-state index contributed by atoms with van der Waals surface area (Å²) in [5.74, 6) is -0.824. The maximum absolute atomic E-state index is 12.0. The Bertz CT molecular complexity index is 412. The molecule has 1 N–H and O–H groups in total. The molecule has 6 heteroatoms. The number of nitrogens with zero attached hydrogens (tertiary/aromatic N) is 3. The molecule has 0 atom stereocenters. The molecule has 98 valence electrons. The van der Waals surface area contributed by atoms with Crippen molar-refractivity contribution in [2.24, 2.45) is 0 Å². The summed E-state index contributed by atoms with van der Waals surface area (Å²) in [5, 5.41) is 8.68. The van der Waals surface area contributed by atoms with Crippen LogP contribution >= 0.6 is 0 Å². The van der Waals surface area contributed by atoms with Gasteiger partial charge in [-0.1, -0.05) is 0 Å². The zero-order valence-corrected chi connectivity index (χ0v) is 10.2. The molecular formula is C12H17N3O3. The van der Waals surface area contributed by atoms with Crippen LogP contribution in [0.15, 0.2) is 18.7 Å². The summed E-state index contributed by atoms with van der Waals surface area (Å²) in [6.45, 7) is 0.915. The van der Waals surface area contributed by atoms with Crippen molar-refractivity contribution in [3.63, 3.8) is 0 Å². The number of rotatable bonds is 7. The molecule has 1 saturated carbocycles. The molecule has 0 aliphatic heterocycles. The highest BCUT2D eigenvalue weighted by Crippen LogP contribution is 2.27. The molecule has 1 aromatic rings. The highest BCUT2D eigenvalue weighted by Gasteiger charge is 2.32. The van der Waals surface area contributed by atoms with E-state index >= 15 is 0 Å². The number of aromatic nitrogens is 2. The van der Waals surface area contributed by atoms with Crippen LogP contribution in [0.4, 0.5) is 0 Å². The quantitative estimate of drug-likeness (QED) is 0.775. The van der Waals surface area contributed by atoms with Gasteiger partial charge in [0.15, 0.2) is 0 Å². The van der Waals surface area contributed by atoms with Crippen molar-refractivity contribution in [2.75, 3.05) is 6.54 Å². The fourth-order valence-corrected chi connectivity index (χ4v) is 1.90. The van der Waals surface area contributed by atoms with Crippen LogP contribution in [0, 0.1) is 0 Å². The van der Waals surface area contributed by atoms with Gasteiger partial charge in [0, 0.05) is 37.9 Å². The van der Waals surface area contributed by atoms with Gasteiger partial charge in [0.1, 0.15) is 0 Å². The standard InChI is InChI=1S/C12H17N3O3/c16-11(3-6-14-8-5-13-9-14)15(10-1-2-10)7-4-12(17)18/h5,8-10H,1-4,6-7H2,(H,17,18). The van der Waals surface area contributed by atoms with E-state index in [2.05, 4.69) is 4.98 Å². The van der Waals surface area contributed by atoms with Crippen LogP contribution in [-0.4, -0.2) is 44.0 Å². The minimum atomic E-state index is -0.858. The molecule has 2 rings (SSSR count). The molecule has 0 radical (unpaired) electrons. The lowest BCUT2D eigenvalue weighted by Crippen LogP contribution is -2.35. The second-order valence-electron chi connectivity index (χ2n) is 4.51. The van der Waals surface area contributed by atoms with Gasteiger partial charge in [-0.2, -0.15) is 0 Å². The second-order valence-corrected chi connectivity index (χ2v) is 4.51. The Balaban J connectivity index is 1.81. The number of carboxylic acid groups (broad SMARTS) is 1. The summed E-state index contributed by atoms with van der Waals surface area (Å²) < 4.78 is 1.85. The van der Waals surface area contributed by atoms with E-state index in [-0.39, 0.29) is 18.4 Å². The molecule has 0 unspecified atom stereocenters. The Kier molecular flexibility index (Phi) is 3.96. The van der Waals surface area contributed by atoms with E-state index in [1.165, 1.54) is 0 Å². The molecule has 1 aliphatic rings. The van der Waals surface area contributed by atoms with Crippen molar-refractivity contribution in [3.05, 3.63) is 18.7 Å². The van der Waals surface area contributed by atoms with E-state index in [0.29, 0.717) is 19.5 Å². The predicted octanol–water partition coefficient (Wildman–Crippen LogP) is 0.739. The first kappa shape index (κ1) is 12.6. The predicted molar refractivity (Wildman–Crippen MR) is 63.8 cm³/mol. The Morgan fingerprint density at radius 3 is 2.72 bits per heavy atom. The summed E-state index contributed by atoms with van der Waals surface area (Å²) >= 11 is 0. The average molecular weight is 251 g/mol. The van der Waals surface area contributed by atoms with Crippen LogP contribution in [-0.2, 0) is 16.1 Å². The summed E-state index contributed by atoms with van der Waals surface area (Å²) in [7, 11) is 0. The molecule has 0 bridgehead atoms. The van der Waals surface area contributed by atoms with Crippen molar-refractivity contribution in [2.45, 2.75) is 38.3 Å². The van der Waals surface area contributed by atoms with Gasteiger partial charge in [0.05, 0.1) is 12.7 Å². The fourth-order valence-electron chi connectivity index (χ4n) is 1.90. The topological polar surface area (TPSA) is 75.4 Å². The van der Waals surface area contributed by atoms with Gasteiger partial charge in [-0.25, -0.2) is 4.98 Å². The molecule has 1 heterocycles. The first-order valence-corrected chi connectivity index (χ1v) is 6.14. The molecule has 1 aromatic heterocycles. The van der Waals surface area contributed by atoms with Crippen molar-refractivity contribution < 1.29 is 14.7 Å². The first-order chi connectivity index (χ1) is 8.66. The van der Waals surface area contributed by atoms with Crippen LogP contribution in [0.25, 0.3) is 0 Å². The maximum atomic E-state index is 12.0. The van der Waals surface area contributed by atoms with Gasteiger partial charge in [0.2, 0.25) is 5.91 Å². The number of amides is 1. The van der Waals surface area contributed by atoms with Crippen LogP contribution in [0.5, 0.6) is 0 Å². The molecule has 0 saturated heterocycles. The van der Waals surface area contributed by atoms with Crippen molar-refractivity contribution in [1.29, 1.82) is 0 Å². The smallest absolute Gasteiger partial charge is 0.305 e. The normalized spacial score (nSPS) is 14.4. The van der Waals surface area contributed by atoms with Crippen molar-refractivity contribution >= 4 is 11.9 Å². The second kappa shape index (κ2) is 5.66. The molecular weight excluding hydrogens is 234 g/mol. The third-order valence-electron chi connectivity index (χ3n) is 3.02. The molecule has 1 aliphatic carbocycles. The Hall–Kier alpha value is -1.85. The van der Waals surface area contributed by atoms with Gasteiger partial charge in [0.25, 0.3) is 0 Å². The monoisotopic (exact) mass is 251 g/mol. The highest BCUT2D eigenvalue weighted by atomic mass is 16.4. The van der Waals surface area contributed by atoms with Crippen LogP contribution in [0.2, 0.25) is 0 Å². The lowest BCUT2D eigenvalue weighted by Gasteiger charge is -2.21. The lowest BCUT2D eigenvalue weighted by molar-refractivity contribution is -0.138. The maximum Gasteiger partial charge on any atom is 0.305 e. The van der Waals surface area contributed by atoms with E-state index in [9.17, 15) is 9.59 Å². The summed E-state index contributed by atoms with van der Waals surface area (Å²) in [5.41, 5.74) is 0. The number of aliphatic carboxylic acids is 1. The minimum Gasteiger partial charge on any atom is -0.481 e. The Morgan fingerprint density at radius 1 is 1.39 bits per heavy atom. The average Bonchev–Trinajstić information content (AvgIpc) is 3.03. The molecule has 18 heavy (non-hydrogen) atoms.